The molecule has 0 atom stereocenters. The van der Waals surface area contributed by atoms with Gasteiger partial charge < -0.3 is 10.6 Å². The summed E-state index contributed by atoms with van der Waals surface area (Å²) >= 11 is 0. The van der Waals surface area contributed by atoms with Gasteiger partial charge in [0, 0.05) is 23.7 Å². The van der Waals surface area contributed by atoms with E-state index in [0.717, 1.165) is 36.2 Å². The van der Waals surface area contributed by atoms with Crippen LogP contribution in [-0.2, 0) is 9.59 Å². The molecule has 1 aliphatic carbocycles. The first-order valence-electron chi connectivity index (χ1n) is 6.82. The van der Waals surface area contributed by atoms with Crippen molar-refractivity contribution < 1.29 is 9.59 Å². The molecular formula is C15H20N2O2. The van der Waals surface area contributed by atoms with Crippen LogP contribution in [0.15, 0.2) is 18.2 Å². The average molecular weight is 260 g/mol. The van der Waals surface area contributed by atoms with Crippen molar-refractivity contribution >= 4 is 23.2 Å². The second-order valence-electron chi connectivity index (χ2n) is 5.00. The van der Waals surface area contributed by atoms with E-state index in [-0.39, 0.29) is 17.7 Å². The molecule has 1 aliphatic rings. The quantitative estimate of drug-likeness (QED) is 0.874. The molecule has 0 radical (unpaired) electrons. The van der Waals surface area contributed by atoms with Crippen LogP contribution >= 0.6 is 0 Å². The first-order valence-corrected chi connectivity index (χ1v) is 6.82. The molecule has 0 aromatic heterocycles. The molecule has 19 heavy (non-hydrogen) atoms. The van der Waals surface area contributed by atoms with Crippen LogP contribution in [0.25, 0.3) is 0 Å². The molecule has 1 fully saturated rings. The van der Waals surface area contributed by atoms with E-state index in [0.29, 0.717) is 6.42 Å². The van der Waals surface area contributed by atoms with Crippen molar-refractivity contribution in [3.8, 4) is 0 Å². The van der Waals surface area contributed by atoms with Crippen LogP contribution in [0.1, 0.15) is 38.2 Å². The van der Waals surface area contributed by atoms with Crippen LogP contribution in [0.5, 0.6) is 0 Å². The van der Waals surface area contributed by atoms with Gasteiger partial charge in [0.2, 0.25) is 11.8 Å². The highest BCUT2D eigenvalue weighted by Crippen LogP contribution is 2.29. The minimum Gasteiger partial charge on any atom is -0.326 e. The lowest BCUT2D eigenvalue weighted by atomic mass is 9.85. The molecule has 0 unspecified atom stereocenters. The van der Waals surface area contributed by atoms with Gasteiger partial charge in [-0.3, -0.25) is 9.59 Å². The predicted molar refractivity (Wildman–Crippen MR) is 76.1 cm³/mol. The van der Waals surface area contributed by atoms with E-state index < -0.39 is 0 Å². The third kappa shape index (κ3) is 3.13. The van der Waals surface area contributed by atoms with Crippen molar-refractivity contribution in [2.24, 2.45) is 5.92 Å². The monoisotopic (exact) mass is 260 g/mol. The van der Waals surface area contributed by atoms with Crippen molar-refractivity contribution in [2.45, 2.75) is 39.5 Å². The minimum atomic E-state index is -0.0226. The number of hydrogen-bond acceptors (Lipinski definition) is 2. The maximum absolute atomic E-state index is 11.9. The van der Waals surface area contributed by atoms with Crippen LogP contribution in [0, 0.1) is 12.8 Å². The number of carbonyl (C=O) groups excluding carboxylic acids is 2. The summed E-state index contributed by atoms with van der Waals surface area (Å²) in [6, 6.07) is 5.56. The number of benzene rings is 1. The maximum atomic E-state index is 11.9. The molecule has 0 saturated heterocycles. The largest absolute Gasteiger partial charge is 0.326 e. The summed E-state index contributed by atoms with van der Waals surface area (Å²) in [6.07, 6.45) is 3.55. The Morgan fingerprint density at radius 2 is 1.84 bits per heavy atom. The number of amides is 2. The normalized spacial score (nSPS) is 14.6. The number of carbonyl (C=O) groups is 2. The van der Waals surface area contributed by atoms with E-state index >= 15 is 0 Å². The van der Waals surface area contributed by atoms with Gasteiger partial charge in [0.05, 0.1) is 0 Å². The van der Waals surface area contributed by atoms with Crippen molar-refractivity contribution in [1.82, 2.24) is 0 Å². The first-order chi connectivity index (χ1) is 9.11. The second-order valence-corrected chi connectivity index (χ2v) is 5.00. The second kappa shape index (κ2) is 5.87. The van der Waals surface area contributed by atoms with E-state index in [1.165, 1.54) is 0 Å². The van der Waals surface area contributed by atoms with Crippen molar-refractivity contribution in [2.75, 3.05) is 10.6 Å². The maximum Gasteiger partial charge on any atom is 0.227 e. The van der Waals surface area contributed by atoms with Crippen molar-refractivity contribution in [3.63, 3.8) is 0 Å². The van der Waals surface area contributed by atoms with Gasteiger partial charge in [0.15, 0.2) is 0 Å². The van der Waals surface area contributed by atoms with Crippen LogP contribution in [0.4, 0.5) is 11.4 Å². The Morgan fingerprint density at radius 3 is 2.37 bits per heavy atom. The number of rotatable bonds is 4. The van der Waals surface area contributed by atoms with Gasteiger partial charge in [-0.25, -0.2) is 0 Å². The van der Waals surface area contributed by atoms with Gasteiger partial charge in [0.1, 0.15) is 0 Å². The van der Waals surface area contributed by atoms with Gasteiger partial charge in [-0.1, -0.05) is 19.4 Å². The summed E-state index contributed by atoms with van der Waals surface area (Å²) in [5.74, 6) is 0.229. The van der Waals surface area contributed by atoms with Crippen LogP contribution in [0.3, 0.4) is 0 Å². The topological polar surface area (TPSA) is 58.2 Å². The molecule has 1 aromatic carbocycles. The fraction of sp³-hybridized carbons (Fsp3) is 0.467. The highest BCUT2D eigenvalue weighted by atomic mass is 16.2. The summed E-state index contributed by atoms with van der Waals surface area (Å²) in [7, 11) is 0. The van der Waals surface area contributed by atoms with E-state index in [2.05, 4.69) is 10.6 Å². The molecule has 4 heteroatoms. The van der Waals surface area contributed by atoms with Gasteiger partial charge in [-0.15, -0.1) is 0 Å². The SMILES string of the molecule is CCC(=O)Nc1cccc(NC(=O)C2CCC2)c1C. The summed E-state index contributed by atoms with van der Waals surface area (Å²) in [5, 5.41) is 5.79. The van der Waals surface area contributed by atoms with E-state index in [4.69, 9.17) is 0 Å². The zero-order chi connectivity index (χ0) is 13.8. The van der Waals surface area contributed by atoms with E-state index in [1.54, 1.807) is 0 Å². The third-order valence-electron chi connectivity index (χ3n) is 3.66. The molecule has 0 bridgehead atoms. The lowest BCUT2D eigenvalue weighted by molar-refractivity contribution is -0.122. The Labute approximate surface area is 113 Å². The zero-order valence-corrected chi connectivity index (χ0v) is 11.5. The Balaban J connectivity index is 2.10. The number of anilines is 2. The number of nitrogens with one attached hydrogen (secondary N) is 2. The summed E-state index contributed by atoms with van der Waals surface area (Å²) in [5.41, 5.74) is 2.45. The molecule has 2 N–H and O–H groups in total. The smallest absolute Gasteiger partial charge is 0.227 e. The molecule has 0 aliphatic heterocycles. The molecule has 0 spiro atoms. The lowest BCUT2D eigenvalue weighted by Crippen LogP contribution is -2.28. The van der Waals surface area contributed by atoms with Gasteiger partial charge in [-0.2, -0.15) is 0 Å². The molecule has 2 rings (SSSR count). The molecule has 4 nitrogen and oxygen atoms in total. The summed E-state index contributed by atoms with van der Waals surface area (Å²) < 4.78 is 0. The Morgan fingerprint density at radius 1 is 1.21 bits per heavy atom. The molecule has 1 saturated carbocycles. The summed E-state index contributed by atoms with van der Waals surface area (Å²) in [6.45, 7) is 3.72. The lowest BCUT2D eigenvalue weighted by Gasteiger charge is -2.24. The van der Waals surface area contributed by atoms with Crippen LogP contribution in [-0.4, -0.2) is 11.8 Å². The standard InChI is InChI=1S/C15H20N2O2/c1-3-14(18)16-12-8-5-9-13(10(12)2)17-15(19)11-6-4-7-11/h5,8-9,11H,3-4,6-7H2,1-2H3,(H,16,18)(H,17,19). The third-order valence-corrected chi connectivity index (χ3v) is 3.66. The molecule has 102 valence electrons. The summed E-state index contributed by atoms with van der Waals surface area (Å²) in [4.78, 5) is 23.4. The van der Waals surface area contributed by atoms with Crippen LogP contribution < -0.4 is 10.6 Å². The fourth-order valence-electron chi connectivity index (χ4n) is 2.05. The molecule has 1 aromatic rings. The highest BCUT2D eigenvalue weighted by Gasteiger charge is 2.25. The average Bonchev–Trinajstić information content (AvgIpc) is 2.31. The zero-order valence-electron chi connectivity index (χ0n) is 11.5. The molecular weight excluding hydrogens is 240 g/mol. The Hall–Kier alpha value is -1.84. The van der Waals surface area contributed by atoms with Gasteiger partial charge in [-0.05, 0) is 37.5 Å². The molecule has 2 amide bonds. The van der Waals surface area contributed by atoms with E-state index in [1.807, 2.05) is 32.0 Å². The van der Waals surface area contributed by atoms with Gasteiger partial charge >= 0.3 is 0 Å². The first kappa shape index (κ1) is 13.6. The van der Waals surface area contributed by atoms with E-state index in [9.17, 15) is 9.59 Å². The number of hydrogen-bond donors (Lipinski definition) is 2. The van der Waals surface area contributed by atoms with Crippen molar-refractivity contribution in [1.29, 1.82) is 0 Å². The Kier molecular flexibility index (Phi) is 4.20. The molecule has 0 heterocycles. The van der Waals surface area contributed by atoms with Gasteiger partial charge in [0.25, 0.3) is 0 Å². The predicted octanol–water partition coefficient (Wildman–Crippen LogP) is 3.08. The van der Waals surface area contributed by atoms with Crippen molar-refractivity contribution in [3.05, 3.63) is 23.8 Å². The highest BCUT2D eigenvalue weighted by molar-refractivity contribution is 5.96. The Bertz CT molecular complexity index is 493. The fourth-order valence-corrected chi connectivity index (χ4v) is 2.05. The van der Waals surface area contributed by atoms with Crippen LogP contribution in [0.2, 0.25) is 0 Å². The minimum absolute atomic E-state index is 0.0226.